The molecule has 0 saturated carbocycles. The lowest BCUT2D eigenvalue weighted by molar-refractivity contribution is -0.137. The van der Waals surface area contributed by atoms with Crippen molar-refractivity contribution in [1.29, 1.82) is 0 Å². The molecular formula is C25H23F3N4O4. The number of aliphatic hydroxyl groups is 2. The summed E-state index contributed by atoms with van der Waals surface area (Å²) in [5.74, 6) is 1.78. The van der Waals surface area contributed by atoms with E-state index in [1.54, 1.807) is 20.1 Å². The minimum absolute atomic E-state index is 0.0833. The lowest BCUT2D eigenvalue weighted by Crippen LogP contribution is -2.31. The van der Waals surface area contributed by atoms with Crippen molar-refractivity contribution in [3.05, 3.63) is 95.1 Å². The van der Waals surface area contributed by atoms with Gasteiger partial charge in [-0.05, 0) is 42.3 Å². The highest BCUT2D eigenvalue weighted by atomic mass is 19.4. The second-order valence-corrected chi connectivity index (χ2v) is 8.02. The molecule has 0 radical (unpaired) electrons. The minimum atomic E-state index is -4.52. The number of methoxy groups -OCH3 is 1. The normalized spacial score (nSPS) is 13.3. The molecule has 11 heteroatoms. The van der Waals surface area contributed by atoms with Gasteiger partial charge in [0.15, 0.2) is 5.82 Å². The Bertz CT molecular complexity index is 1320. The van der Waals surface area contributed by atoms with Crippen LogP contribution in [0, 0.1) is 6.92 Å². The molecule has 4 aromatic rings. The topological polar surface area (TPSA) is 103 Å². The highest BCUT2D eigenvalue weighted by Gasteiger charge is 2.35. The number of halogens is 3. The first-order chi connectivity index (χ1) is 17.1. The number of hydrogen-bond acceptors (Lipinski definition) is 7. The summed E-state index contributed by atoms with van der Waals surface area (Å²) in [6, 6.07) is 12.9. The van der Waals surface area contributed by atoms with Crippen molar-refractivity contribution in [1.82, 2.24) is 19.7 Å². The van der Waals surface area contributed by atoms with E-state index in [1.807, 2.05) is 24.3 Å². The van der Waals surface area contributed by atoms with E-state index in [-0.39, 0.29) is 17.7 Å². The maximum absolute atomic E-state index is 12.9. The first-order valence-electron chi connectivity index (χ1n) is 10.8. The van der Waals surface area contributed by atoms with Crippen molar-refractivity contribution in [2.24, 2.45) is 0 Å². The Labute approximate surface area is 204 Å². The van der Waals surface area contributed by atoms with E-state index in [0.717, 1.165) is 35.6 Å². The number of nitrogens with zero attached hydrogens (tertiary/aromatic N) is 4. The number of aryl methyl sites for hydroxylation is 1. The van der Waals surface area contributed by atoms with Crippen LogP contribution in [0.1, 0.15) is 28.1 Å². The molecule has 0 spiro atoms. The van der Waals surface area contributed by atoms with Crippen LogP contribution in [0.3, 0.4) is 0 Å². The summed E-state index contributed by atoms with van der Waals surface area (Å²) in [7, 11) is 1.59. The average molecular weight is 500 g/mol. The molecule has 0 aliphatic carbocycles. The van der Waals surface area contributed by atoms with Crippen LogP contribution in [0.2, 0.25) is 0 Å². The molecule has 4 rings (SSSR count). The van der Waals surface area contributed by atoms with E-state index >= 15 is 0 Å². The van der Waals surface area contributed by atoms with Gasteiger partial charge in [0.05, 0.1) is 25.5 Å². The first-order valence-corrected chi connectivity index (χ1v) is 10.8. The third kappa shape index (κ3) is 5.31. The number of ether oxygens (including phenoxy) is 2. The Morgan fingerprint density at radius 2 is 1.61 bits per heavy atom. The molecule has 0 aliphatic heterocycles. The van der Waals surface area contributed by atoms with Gasteiger partial charge in [0.1, 0.15) is 23.8 Å². The fourth-order valence-electron chi connectivity index (χ4n) is 3.54. The van der Waals surface area contributed by atoms with Crippen LogP contribution in [0.5, 0.6) is 11.6 Å². The molecule has 2 aromatic heterocycles. The summed E-state index contributed by atoms with van der Waals surface area (Å²) in [5.41, 5.74) is -1.68. The van der Waals surface area contributed by atoms with E-state index in [0.29, 0.717) is 17.5 Å². The fourth-order valence-corrected chi connectivity index (χ4v) is 3.54. The molecule has 1 atom stereocenters. The summed E-state index contributed by atoms with van der Waals surface area (Å²) in [4.78, 5) is 8.61. The Kier molecular flexibility index (Phi) is 6.95. The molecule has 0 amide bonds. The number of rotatable bonds is 8. The van der Waals surface area contributed by atoms with Crippen molar-refractivity contribution >= 4 is 0 Å². The molecule has 36 heavy (non-hydrogen) atoms. The Hall–Kier alpha value is -3.96. The molecule has 8 nitrogen and oxygen atoms in total. The van der Waals surface area contributed by atoms with Crippen molar-refractivity contribution in [3.8, 4) is 17.4 Å². The molecular weight excluding hydrogens is 477 g/mol. The van der Waals surface area contributed by atoms with Crippen LogP contribution in [0.25, 0.3) is 5.82 Å². The van der Waals surface area contributed by atoms with Crippen molar-refractivity contribution in [2.75, 3.05) is 13.7 Å². The smallest absolute Gasteiger partial charge is 0.416 e. The molecule has 0 aliphatic rings. The maximum Gasteiger partial charge on any atom is 0.416 e. The third-order valence-corrected chi connectivity index (χ3v) is 5.56. The quantitative estimate of drug-likeness (QED) is 0.379. The standard InChI is InChI=1S/C25H23F3N4O4/c1-16-30-22(11-23(31-16)36-14-17-3-9-21(35-2)10-4-17)32-13-20(12-29-32)24(34,15-33)18-5-7-19(8-6-18)25(26,27)28/h3-13,33-34H,14-15H2,1-2H3. The highest BCUT2D eigenvalue weighted by molar-refractivity contribution is 5.38. The van der Waals surface area contributed by atoms with Crippen LogP contribution in [-0.4, -0.2) is 43.7 Å². The molecule has 2 N–H and O–H groups in total. The third-order valence-electron chi connectivity index (χ3n) is 5.56. The monoisotopic (exact) mass is 500 g/mol. The van der Waals surface area contributed by atoms with E-state index in [2.05, 4.69) is 15.1 Å². The molecule has 188 valence electrons. The predicted molar refractivity (Wildman–Crippen MR) is 123 cm³/mol. The molecule has 2 aromatic carbocycles. The maximum atomic E-state index is 12.9. The van der Waals surface area contributed by atoms with Crippen LogP contribution in [0.4, 0.5) is 13.2 Å². The number of aromatic nitrogens is 4. The van der Waals surface area contributed by atoms with Gasteiger partial charge in [0, 0.05) is 17.8 Å². The Morgan fingerprint density at radius 3 is 2.22 bits per heavy atom. The number of alkyl halides is 3. The molecule has 0 fully saturated rings. The molecule has 0 bridgehead atoms. The van der Waals surface area contributed by atoms with Gasteiger partial charge in [-0.2, -0.15) is 23.3 Å². The van der Waals surface area contributed by atoms with Crippen molar-refractivity contribution in [3.63, 3.8) is 0 Å². The fraction of sp³-hybridized carbons (Fsp3) is 0.240. The van der Waals surface area contributed by atoms with Gasteiger partial charge in [0.2, 0.25) is 5.88 Å². The zero-order valence-electron chi connectivity index (χ0n) is 19.4. The average Bonchev–Trinajstić information content (AvgIpc) is 3.38. The number of benzene rings is 2. The summed E-state index contributed by atoms with van der Waals surface area (Å²) >= 11 is 0. The molecule has 2 heterocycles. The van der Waals surface area contributed by atoms with Crippen LogP contribution < -0.4 is 9.47 Å². The van der Waals surface area contributed by atoms with Gasteiger partial charge >= 0.3 is 6.18 Å². The summed E-state index contributed by atoms with van der Waals surface area (Å²) in [5, 5.41) is 25.3. The van der Waals surface area contributed by atoms with Gasteiger partial charge in [-0.15, -0.1) is 0 Å². The Balaban J connectivity index is 1.56. The van der Waals surface area contributed by atoms with Crippen LogP contribution in [0.15, 0.2) is 67.0 Å². The largest absolute Gasteiger partial charge is 0.497 e. The zero-order valence-corrected chi connectivity index (χ0v) is 19.4. The Morgan fingerprint density at radius 1 is 0.944 bits per heavy atom. The number of hydrogen-bond donors (Lipinski definition) is 2. The predicted octanol–water partition coefficient (Wildman–Crippen LogP) is 3.81. The summed E-state index contributed by atoms with van der Waals surface area (Å²) < 4.78 is 51.0. The second-order valence-electron chi connectivity index (χ2n) is 8.02. The summed E-state index contributed by atoms with van der Waals surface area (Å²) in [6.07, 6.45) is -1.77. The van der Waals surface area contributed by atoms with Gasteiger partial charge in [-0.3, -0.25) is 0 Å². The first kappa shape index (κ1) is 25.1. The van der Waals surface area contributed by atoms with Gasteiger partial charge in [-0.25, -0.2) is 9.67 Å². The van der Waals surface area contributed by atoms with E-state index in [1.165, 1.54) is 17.1 Å². The van der Waals surface area contributed by atoms with E-state index in [9.17, 15) is 23.4 Å². The lowest BCUT2D eigenvalue weighted by Gasteiger charge is -2.25. The minimum Gasteiger partial charge on any atom is -0.497 e. The summed E-state index contributed by atoms with van der Waals surface area (Å²) in [6.45, 7) is 1.16. The van der Waals surface area contributed by atoms with E-state index in [4.69, 9.17) is 9.47 Å². The van der Waals surface area contributed by atoms with E-state index < -0.39 is 23.9 Å². The lowest BCUT2D eigenvalue weighted by atomic mass is 9.88. The molecule has 0 saturated heterocycles. The van der Waals surface area contributed by atoms with Crippen molar-refractivity contribution < 1.29 is 32.9 Å². The van der Waals surface area contributed by atoms with Crippen molar-refractivity contribution in [2.45, 2.75) is 25.3 Å². The SMILES string of the molecule is COc1ccc(COc2cc(-n3cc(C(O)(CO)c4ccc(C(F)(F)F)cc4)cn3)nc(C)n2)cc1. The number of aliphatic hydroxyl groups excluding tert-OH is 1. The van der Waals surface area contributed by atoms with Crippen LogP contribution in [-0.2, 0) is 18.4 Å². The second kappa shape index (κ2) is 9.96. The zero-order chi connectivity index (χ0) is 25.9. The van der Waals surface area contributed by atoms with Crippen LogP contribution >= 0.6 is 0 Å². The van der Waals surface area contributed by atoms with Gasteiger partial charge < -0.3 is 19.7 Å². The van der Waals surface area contributed by atoms with Gasteiger partial charge in [0.25, 0.3) is 0 Å². The highest BCUT2D eigenvalue weighted by Crippen LogP contribution is 2.34. The van der Waals surface area contributed by atoms with Gasteiger partial charge in [-0.1, -0.05) is 24.3 Å². The molecule has 1 unspecified atom stereocenters.